The van der Waals surface area contributed by atoms with Crippen LogP contribution >= 0.6 is 8.25 Å². The van der Waals surface area contributed by atoms with Gasteiger partial charge in [-0.25, -0.2) is 4.57 Å². The largest absolute Gasteiger partial charge is 0.425 e. The van der Waals surface area contributed by atoms with Crippen LogP contribution in [0.1, 0.15) is 0 Å². The van der Waals surface area contributed by atoms with Crippen molar-refractivity contribution >= 4 is 8.25 Å². The van der Waals surface area contributed by atoms with E-state index in [-0.39, 0.29) is 0 Å². The molecule has 0 aliphatic rings. The summed E-state index contributed by atoms with van der Waals surface area (Å²) in [6.45, 7) is 0. The van der Waals surface area contributed by atoms with Gasteiger partial charge in [-0.15, -0.1) is 0 Å². The topological polar surface area (TPSA) is 59.4 Å². The van der Waals surface area contributed by atoms with Gasteiger partial charge in [0.15, 0.2) is 0 Å². The Bertz CT molecular complexity index is 226. The summed E-state index contributed by atoms with van der Waals surface area (Å²) in [5.41, 5.74) is 0. The molecule has 0 bridgehead atoms. The molecule has 0 radical (unpaired) electrons. The molecule has 1 aromatic heterocycles. The predicted octanol–water partition coefficient (Wildman–Crippen LogP) is 0.842. The Balaban J connectivity index is 2.67. The van der Waals surface area contributed by atoms with E-state index in [4.69, 9.17) is 4.89 Å². The third kappa shape index (κ3) is 2.17. The number of nitrogens with zero attached hydrogens (tertiary/aromatic N) is 1. The SMILES string of the molecule is O=[PH](O)Oc1cccnc1. The molecule has 5 heteroatoms. The fourth-order valence-electron chi connectivity index (χ4n) is 0.508. The van der Waals surface area contributed by atoms with Crippen LogP contribution in [0.25, 0.3) is 0 Å². The molecule has 1 aromatic rings. The standard InChI is InChI=1S/C5H6NO3P/c7-10(8)9-5-2-1-3-6-4-5/h1-4,10H,(H,7,8). The van der Waals surface area contributed by atoms with Gasteiger partial charge in [-0.1, -0.05) is 0 Å². The average Bonchev–Trinajstić information content (AvgIpc) is 1.88. The lowest BCUT2D eigenvalue weighted by Crippen LogP contribution is -1.79. The number of rotatable bonds is 2. The zero-order valence-corrected chi connectivity index (χ0v) is 6.02. The predicted molar refractivity (Wildman–Crippen MR) is 36.1 cm³/mol. The molecule has 54 valence electrons. The smallest absolute Gasteiger partial charge is 0.365 e. The molecule has 0 aliphatic heterocycles. The molecule has 1 heterocycles. The Kier molecular flexibility index (Phi) is 2.42. The molecular weight excluding hydrogens is 153 g/mol. The van der Waals surface area contributed by atoms with Crippen LogP contribution in [0.2, 0.25) is 0 Å². The molecular formula is C5H6NO3P. The third-order valence-corrected chi connectivity index (χ3v) is 1.25. The first-order valence-electron chi connectivity index (χ1n) is 2.60. The highest BCUT2D eigenvalue weighted by Gasteiger charge is 1.93. The second-order valence-electron chi connectivity index (χ2n) is 1.56. The van der Waals surface area contributed by atoms with E-state index in [9.17, 15) is 4.57 Å². The Morgan fingerprint density at radius 3 is 3.00 bits per heavy atom. The summed E-state index contributed by atoms with van der Waals surface area (Å²) in [6, 6.07) is 3.19. The van der Waals surface area contributed by atoms with E-state index in [0.29, 0.717) is 5.75 Å². The summed E-state index contributed by atoms with van der Waals surface area (Å²) >= 11 is 0. The van der Waals surface area contributed by atoms with Gasteiger partial charge in [0.1, 0.15) is 5.75 Å². The van der Waals surface area contributed by atoms with Gasteiger partial charge in [-0.3, -0.25) is 4.98 Å². The van der Waals surface area contributed by atoms with Crippen LogP contribution in [0.4, 0.5) is 0 Å². The molecule has 1 unspecified atom stereocenters. The van der Waals surface area contributed by atoms with E-state index < -0.39 is 8.25 Å². The highest BCUT2D eigenvalue weighted by molar-refractivity contribution is 7.32. The second-order valence-corrected chi connectivity index (χ2v) is 2.29. The van der Waals surface area contributed by atoms with Crippen molar-refractivity contribution in [3.63, 3.8) is 0 Å². The van der Waals surface area contributed by atoms with E-state index >= 15 is 0 Å². The van der Waals surface area contributed by atoms with E-state index in [2.05, 4.69) is 9.51 Å². The van der Waals surface area contributed by atoms with E-state index in [1.165, 1.54) is 6.20 Å². The summed E-state index contributed by atoms with van der Waals surface area (Å²) in [7, 11) is -2.88. The Hall–Kier alpha value is -0.860. The maximum absolute atomic E-state index is 10.1. The fraction of sp³-hybridized carbons (Fsp3) is 0. The summed E-state index contributed by atoms with van der Waals surface area (Å²) in [6.07, 6.45) is 2.93. The normalized spacial score (nSPS) is 12.5. The lowest BCUT2D eigenvalue weighted by molar-refractivity contribution is 0.410. The zero-order valence-electron chi connectivity index (χ0n) is 5.02. The Morgan fingerprint density at radius 1 is 1.70 bits per heavy atom. The van der Waals surface area contributed by atoms with Crippen molar-refractivity contribution in [1.29, 1.82) is 0 Å². The lowest BCUT2D eigenvalue weighted by Gasteiger charge is -1.97. The molecule has 1 N–H and O–H groups in total. The van der Waals surface area contributed by atoms with Crippen LogP contribution in [0.15, 0.2) is 24.5 Å². The van der Waals surface area contributed by atoms with Crippen molar-refractivity contribution < 1.29 is 14.0 Å². The number of aromatic nitrogens is 1. The van der Waals surface area contributed by atoms with E-state index in [0.717, 1.165) is 0 Å². The summed E-state index contributed by atoms with van der Waals surface area (Å²) in [5.74, 6) is 0.314. The van der Waals surface area contributed by atoms with Gasteiger partial charge < -0.3 is 9.42 Å². The van der Waals surface area contributed by atoms with Crippen LogP contribution in [0.5, 0.6) is 5.75 Å². The van der Waals surface area contributed by atoms with Gasteiger partial charge in [-0.05, 0) is 12.1 Å². The van der Waals surface area contributed by atoms with Crippen molar-refractivity contribution in [2.24, 2.45) is 0 Å². The number of pyridine rings is 1. The maximum Gasteiger partial charge on any atom is 0.365 e. The molecule has 0 saturated heterocycles. The first kappa shape index (κ1) is 7.25. The van der Waals surface area contributed by atoms with E-state index in [1.807, 2.05) is 0 Å². The average molecular weight is 159 g/mol. The third-order valence-electron chi connectivity index (χ3n) is 0.840. The summed E-state index contributed by atoms with van der Waals surface area (Å²) in [4.78, 5) is 12.0. The van der Waals surface area contributed by atoms with Crippen LogP contribution < -0.4 is 4.52 Å². The van der Waals surface area contributed by atoms with Crippen molar-refractivity contribution in [2.75, 3.05) is 0 Å². The van der Waals surface area contributed by atoms with E-state index in [1.54, 1.807) is 18.3 Å². The van der Waals surface area contributed by atoms with Crippen molar-refractivity contribution in [3.8, 4) is 5.75 Å². The van der Waals surface area contributed by atoms with Gasteiger partial charge in [-0.2, -0.15) is 0 Å². The molecule has 1 rings (SSSR count). The quantitative estimate of drug-likeness (QED) is 0.649. The highest BCUT2D eigenvalue weighted by Crippen LogP contribution is 2.20. The molecule has 4 nitrogen and oxygen atoms in total. The minimum atomic E-state index is -2.88. The van der Waals surface area contributed by atoms with Crippen LogP contribution in [-0.2, 0) is 4.57 Å². The molecule has 10 heavy (non-hydrogen) atoms. The summed E-state index contributed by atoms with van der Waals surface area (Å²) < 4.78 is 14.6. The monoisotopic (exact) mass is 159 g/mol. The molecule has 0 fully saturated rings. The number of hydrogen-bond acceptors (Lipinski definition) is 3. The van der Waals surface area contributed by atoms with Gasteiger partial charge >= 0.3 is 8.25 Å². The van der Waals surface area contributed by atoms with Gasteiger partial charge in [0, 0.05) is 6.20 Å². The van der Waals surface area contributed by atoms with Crippen LogP contribution in [0, 0.1) is 0 Å². The minimum absolute atomic E-state index is 0.314. The van der Waals surface area contributed by atoms with Crippen LogP contribution in [0.3, 0.4) is 0 Å². The zero-order chi connectivity index (χ0) is 7.40. The molecule has 1 atom stereocenters. The first-order valence-corrected chi connectivity index (χ1v) is 3.86. The maximum atomic E-state index is 10.1. The van der Waals surface area contributed by atoms with Crippen molar-refractivity contribution in [1.82, 2.24) is 4.98 Å². The lowest BCUT2D eigenvalue weighted by atomic mass is 10.5. The van der Waals surface area contributed by atoms with Crippen molar-refractivity contribution in [2.45, 2.75) is 0 Å². The van der Waals surface area contributed by atoms with Gasteiger partial charge in [0.25, 0.3) is 0 Å². The van der Waals surface area contributed by atoms with Gasteiger partial charge in [0.05, 0.1) is 6.20 Å². The number of hydrogen-bond donors (Lipinski definition) is 1. The molecule has 0 spiro atoms. The Morgan fingerprint density at radius 2 is 2.50 bits per heavy atom. The highest BCUT2D eigenvalue weighted by atomic mass is 31.1. The van der Waals surface area contributed by atoms with Gasteiger partial charge in [0.2, 0.25) is 0 Å². The Labute approximate surface area is 58.4 Å². The molecule has 0 aliphatic carbocycles. The minimum Gasteiger partial charge on any atom is -0.425 e. The van der Waals surface area contributed by atoms with Crippen molar-refractivity contribution in [3.05, 3.63) is 24.5 Å². The van der Waals surface area contributed by atoms with Crippen LogP contribution in [-0.4, -0.2) is 9.88 Å². The molecule has 0 amide bonds. The molecule has 0 saturated carbocycles. The molecule has 0 aromatic carbocycles. The first-order chi connectivity index (χ1) is 4.79. The summed E-state index contributed by atoms with van der Waals surface area (Å²) in [5, 5.41) is 0. The second kappa shape index (κ2) is 3.34. The fourth-order valence-corrected chi connectivity index (χ4v) is 0.831.